The highest BCUT2D eigenvalue weighted by Gasteiger charge is 2.22. The number of benzene rings is 1. The maximum absolute atomic E-state index is 10.9. The third kappa shape index (κ3) is 1.74. The molecule has 0 aliphatic carbocycles. The van der Waals surface area contributed by atoms with E-state index in [0.29, 0.717) is 5.56 Å². The van der Waals surface area contributed by atoms with Crippen molar-refractivity contribution in [3.8, 4) is 11.5 Å². The summed E-state index contributed by atoms with van der Waals surface area (Å²) < 4.78 is 4.80. The minimum Gasteiger partial charge on any atom is -0.332 e. The molecule has 1 aromatic heterocycles. The van der Waals surface area contributed by atoms with Crippen molar-refractivity contribution in [2.24, 2.45) is 0 Å². The van der Waals surface area contributed by atoms with Gasteiger partial charge in [-0.1, -0.05) is 12.1 Å². The van der Waals surface area contributed by atoms with E-state index in [-0.39, 0.29) is 22.4 Å². The van der Waals surface area contributed by atoms with Gasteiger partial charge in [-0.15, -0.1) is 0 Å². The molecule has 82 valence electrons. The zero-order valence-corrected chi connectivity index (χ0v) is 8.93. The van der Waals surface area contributed by atoms with E-state index in [1.165, 1.54) is 6.07 Å². The molecule has 0 radical (unpaired) electrons. The third-order valence-corrected chi connectivity index (χ3v) is 2.21. The molecule has 7 heteroatoms. The van der Waals surface area contributed by atoms with E-state index >= 15 is 0 Å². The van der Waals surface area contributed by atoms with Crippen LogP contribution in [0, 0.1) is 17.0 Å². The number of nitrogens with zero attached hydrogens (tertiary/aromatic N) is 3. The van der Waals surface area contributed by atoms with Crippen molar-refractivity contribution in [3.05, 3.63) is 39.2 Å². The zero-order chi connectivity index (χ0) is 11.7. The summed E-state index contributed by atoms with van der Waals surface area (Å²) in [5.41, 5.74) is 0.740. The molecule has 1 heterocycles. The average Bonchev–Trinajstić information content (AvgIpc) is 2.63. The number of hydrogen-bond donors (Lipinski definition) is 0. The van der Waals surface area contributed by atoms with Gasteiger partial charge in [-0.05, 0) is 29.7 Å². The Morgan fingerprint density at radius 1 is 1.50 bits per heavy atom. The maximum Gasteiger partial charge on any atom is 0.285 e. The van der Waals surface area contributed by atoms with E-state index in [1.54, 1.807) is 19.1 Å². The van der Waals surface area contributed by atoms with Crippen LogP contribution in [-0.4, -0.2) is 15.1 Å². The van der Waals surface area contributed by atoms with Gasteiger partial charge in [0.15, 0.2) is 0 Å². The highest BCUT2D eigenvalue weighted by Crippen LogP contribution is 2.31. The second-order valence-corrected chi connectivity index (χ2v) is 3.43. The van der Waals surface area contributed by atoms with Crippen LogP contribution in [0.25, 0.3) is 11.5 Å². The lowest BCUT2D eigenvalue weighted by Crippen LogP contribution is -1.95. The molecule has 0 unspecified atom stereocenters. The number of halogens is 1. The van der Waals surface area contributed by atoms with E-state index in [2.05, 4.69) is 10.1 Å². The molecule has 0 aliphatic rings. The van der Waals surface area contributed by atoms with Crippen molar-refractivity contribution in [1.82, 2.24) is 10.1 Å². The van der Waals surface area contributed by atoms with Crippen LogP contribution in [-0.2, 0) is 0 Å². The highest BCUT2D eigenvalue weighted by atomic mass is 35.5. The number of nitro groups is 1. The SMILES string of the molecule is Cc1cccc(-c2nc(Cl)no2)c1[N+](=O)[O-]. The normalized spacial score (nSPS) is 10.4. The topological polar surface area (TPSA) is 82.1 Å². The van der Waals surface area contributed by atoms with E-state index in [4.69, 9.17) is 16.1 Å². The van der Waals surface area contributed by atoms with Gasteiger partial charge >= 0.3 is 0 Å². The van der Waals surface area contributed by atoms with Gasteiger partial charge in [0.05, 0.1) is 4.92 Å². The minimum atomic E-state index is -0.483. The van der Waals surface area contributed by atoms with Crippen LogP contribution < -0.4 is 0 Å². The molecule has 0 atom stereocenters. The summed E-state index contributed by atoms with van der Waals surface area (Å²) in [4.78, 5) is 14.2. The predicted octanol–water partition coefficient (Wildman–Crippen LogP) is 2.61. The first-order chi connectivity index (χ1) is 7.59. The largest absolute Gasteiger partial charge is 0.332 e. The van der Waals surface area contributed by atoms with Gasteiger partial charge in [0, 0.05) is 5.56 Å². The molecular weight excluding hydrogens is 234 g/mol. The molecule has 0 saturated heterocycles. The third-order valence-electron chi connectivity index (χ3n) is 2.05. The number of aromatic nitrogens is 2. The Bertz CT molecular complexity index is 553. The van der Waals surface area contributed by atoms with Crippen LogP contribution in [0.1, 0.15) is 5.56 Å². The van der Waals surface area contributed by atoms with Gasteiger partial charge in [-0.2, -0.15) is 4.98 Å². The molecule has 1 aromatic carbocycles. The van der Waals surface area contributed by atoms with Crippen molar-refractivity contribution in [2.45, 2.75) is 6.92 Å². The van der Waals surface area contributed by atoms with E-state index in [0.717, 1.165) is 0 Å². The molecule has 0 aliphatic heterocycles. The Balaban J connectivity index is 2.65. The van der Waals surface area contributed by atoms with Crippen LogP contribution >= 0.6 is 11.6 Å². The van der Waals surface area contributed by atoms with Crippen molar-refractivity contribution in [1.29, 1.82) is 0 Å². The standard InChI is InChI=1S/C9H6ClN3O3/c1-5-3-2-4-6(7(5)13(14)15)8-11-9(10)12-16-8/h2-4H,1H3. The molecule has 0 saturated carbocycles. The molecule has 0 bridgehead atoms. The molecular formula is C9H6ClN3O3. The van der Waals surface area contributed by atoms with Crippen LogP contribution in [0.5, 0.6) is 0 Å². The lowest BCUT2D eigenvalue weighted by atomic mass is 10.1. The predicted molar refractivity (Wildman–Crippen MR) is 56.1 cm³/mol. The summed E-state index contributed by atoms with van der Waals surface area (Å²) in [5, 5.41) is 14.2. The van der Waals surface area contributed by atoms with Crippen LogP contribution in [0.2, 0.25) is 5.28 Å². The van der Waals surface area contributed by atoms with Gasteiger partial charge < -0.3 is 4.52 Å². The molecule has 0 spiro atoms. The molecule has 6 nitrogen and oxygen atoms in total. The fourth-order valence-corrected chi connectivity index (χ4v) is 1.50. The number of para-hydroxylation sites is 1. The average molecular weight is 240 g/mol. The molecule has 0 N–H and O–H groups in total. The summed E-state index contributed by atoms with van der Waals surface area (Å²) in [6, 6.07) is 4.85. The Hall–Kier alpha value is -1.95. The fraction of sp³-hybridized carbons (Fsp3) is 0.111. The molecule has 2 aromatic rings. The molecule has 2 rings (SSSR count). The molecule has 0 amide bonds. The summed E-state index contributed by atoms with van der Waals surface area (Å²) in [6.45, 7) is 1.64. The number of rotatable bonds is 2. The van der Waals surface area contributed by atoms with Crippen molar-refractivity contribution in [3.63, 3.8) is 0 Å². The second-order valence-electron chi connectivity index (χ2n) is 3.10. The van der Waals surface area contributed by atoms with Crippen molar-refractivity contribution in [2.75, 3.05) is 0 Å². The second kappa shape index (κ2) is 3.90. The van der Waals surface area contributed by atoms with Gasteiger partial charge in [-0.25, -0.2) is 0 Å². The van der Waals surface area contributed by atoms with Crippen LogP contribution in [0.4, 0.5) is 5.69 Å². The first kappa shape index (κ1) is 10.6. The Morgan fingerprint density at radius 3 is 2.81 bits per heavy atom. The van der Waals surface area contributed by atoms with Crippen LogP contribution in [0.3, 0.4) is 0 Å². The van der Waals surface area contributed by atoms with Gasteiger partial charge in [0.2, 0.25) is 0 Å². The minimum absolute atomic E-state index is 0.0420. The first-order valence-electron chi connectivity index (χ1n) is 4.33. The lowest BCUT2D eigenvalue weighted by molar-refractivity contribution is -0.384. The fourth-order valence-electron chi connectivity index (χ4n) is 1.39. The summed E-state index contributed by atoms with van der Waals surface area (Å²) in [6.07, 6.45) is 0. The Morgan fingerprint density at radius 2 is 2.25 bits per heavy atom. The van der Waals surface area contributed by atoms with Gasteiger partial charge in [0.25, 0.3) is 16.9 Å². The Labute approximate surface area is 95.0 Å². The van der Waals surface area contributed by atoms with E-state index in [9.17, 15) is 10.1 Å². The van der Waals surface area contributed by atoms with Crippen molar-refractivity contribution >= 4 is 17.3 Å². The first-order valence-corrected chi connectivity index (χ1v) is 4.71. The quantitative estimate of drug-likeness (QED) is 0.594. The van der Waals surface area contributed by atoms with Gasteiger partial charge in [-0.3, -0.25) is 10.1 Å². The number of aryl methyl sites for hydroxylation is 1. The van der Waals surface area contributed by atoms with Gasteiger partial charge in [0.1, 0.15) is 5.56 Å². The van der Waals surface area contributed by atoms with Crippen LogP contribution in [0.15, 0.2) is 22.7 Å². The smallest absolute Gasteiger partial charge is 0.285 e. The number of hydrogen-bond acceptors (Lipinski definition) is 5. The summed E-state index contributed by atoms with van der Waals surface area (Å²) >= 11 is 5.50. The van der Waals surface area contributed by atoms with E-state index < -0.39 is 4.92 Å². The zero-order valence-electron chi connectivity index (χ0n) is 8.18. The lowest BCUT2D eigenvalue weighted by Gasteiger charge is -2.00. The molecule has 16 heavy (non-hydrogen) atoms. The Kier molecular flexibility index (Phi) is 2.57. The van der Waals surface area contributed by atoms with E-state index in [1.807, 2.05) is 0 Å². The summed E-state index contributed by atoms with van der Waals surface area (Å²) in [7, 11) is 0. The monoisotopic (exact) mass is 239 g/mol. The van der Waals surface area contributed by atoms with Crippen molar-refractivity contribution < 1.29 is 9.45 Å². The summed E-state index contributed by atoms with van der Waals surface area (Å²) in [5.74, 6) is 0.0420. The number of nitro benzene ring substituents is 1. The maximum atomic E-state index is 10.9. The molecule has 0 fully saturated rings. The highest BCUT2D eigenvalue weighted by molar-refractivity contribution is 6.28.